The molecule has 0 radical (unpaired) electrons. The molecule has 0 spiro atoms. The molecular formula is C24H29N5OS. The first kappa shape index (κ1) is 21.5. The van der Waals surface area contributed by atoms with Crippen molar-refractivity contribution in [3.05, 3.63) is 70.0 Å². The third-order valence-corrected chi connectivity index (χ3v) is 6.31. The molecule has 162 valence electrons. The van der Waals surface area contributed by atoms with Crippen molar-refractivity contribution < 1.29 is 4.79 Å². The number of amides is 1. The van der Waals surface area contributed by atoms with Crippen LogP contribution >= 0.6 is 12.2 Å². The van der Waals surface area contributed by atoms with Crippen LogP contribution in [0.1, 0.15) is 23.1 Å². The first-order chi connectivity index (χ1) is 15.0. The molecule has 1 amide bonds. The fourth-order valence-corrected chi connectivity index (χ4v) is 4.22. The van der Waals surface area contributed by atoms with Gasteiger partial charge in [-0.3, -0.25) is 19.4 Å². The lowest BCUT2D eigenvalue weighted by molar-refractivity contribution is -0.133. The normalized spacial score (nSPS) is 14.7. The third kappa shape index (κ3) is 5.11. The Morgan fingerprint density at radius 2 is 1.74 bits per heavy atom. The second kappa shape index (κ2) is 9.58. The molecule has 7 heteroatoms. The highest BCUT2D eigenvalue weighted by atomic mass is 32.1. The Balaban J connectivity index is 1.32. The second-order valence-electron chi connectivity index (χ2n) is 8.20. The molecule has 2 heterocycles. The predicted octanol–water partition coefficient (Wildman–Crippen LogP) is 3.96. The minimum atomic E-state index is 0.175. The van der Waals surface area contributed by atoms with Crippen molar-refractivity contribution in [2.75, 3.05) is 26.2 Å². The first-order valence-electron chi connectivity index (χ1n) is 10.8. The van der Waals surface area contributed by atoms with Gasteiger partial charge >= 0.3 is 0 Å². The molecule has 6 nitrogen and oxygen atoms in total. The predicted molar refractivity (Wildman–Crippen MR) is 125 cm³/mol. The van der Waals surface area contributed by atoms with E-state index in [2.05, 4.69) is 65.3 Å². The van der Waals surface area contributed by atoms with Gasteiger partial charge in [0.05, 0.1) is 0 Å². The van der Waals surface area contributed by atoms with Crippen molar-refractivity contribution in [1.29, 1.82) is 0 Å². The highest BCUT2D eigenvalue weighted by Gasteiger charge is 2.22. The van der Waals surface area contributed by atoms with Gasteiger partial charge in [0.1, 0.15) is 0 Å². The zero-order chi connectivity index (χ0) is 21.8. The van der Waals surface area contributed by atoms with Crippen molar-refractivity contribution in [2.24, 2.45) is 0 Å². The van der Waals surface area contributed by atoms with Gasteiger partial charge in [-0.2, -0.15) is 5.10 Å². The summed E-state index contributed by atoms with van der Waals surface area (Å²) in [6.45, 7) is 9.03. The Bertz CT molecular complexity index is 1090. The smallest absolute Gasteiger partial charge is 0.224 e. The number of nitrogens with zero attached hydrogens (tertiary/aromatic N) is 4. The number of piperazine rings is 1. The van der Waals surface area contributed by atoms with E-state index in [0.717, 1.165) is 44.1 Å². The highest BCUT2D eigenvalue weighted by molar-refractivity contribution is 7.71. The van der Waals surface area contributed by atoms with Crippen LogP contribution in [0.3, 0.4) is 0 Å². The first-order valence-corrected chi connectivity index (χ1v) is 11.2. The quantitative estimate of drug-likeness (QED) is 0.596. The number of benzene rings is 2. The summed E-state index contributed by atoms with van der Waals surface area (Å²) in [4.78, 5) is 17.2. The molecule has 0 unspecified atom stereocenters. The minimum absolute atomic E-state index is 0.175. The van der Waals surface area contributed by atoms with Gasteiger partial charge in [-0.1, -0.05) is 54.1 Å². The summed E-state index contributed by atoms with van der Waals surface area (Å²) in [6.07, 6.45) is 0.421. The summed E-state index contributed by atoms with van der Waals surface area (Å²) in [5.41, 5.74) is 4.87. The van der Waals surface area contributed by atoms with Crippen LogP contribution in [0, 0.1) is 18.6 Å². The van der Waals surface area contributed by atoms with Crippen LogP contribution in [0.5, 0.6) is 0 Å². The van der Waals surface area contributed by atoms with Crippen molar-refractivity contribution in [3.63, 3.8) is 0 Å². The Morgan fingerprint density at radius 1 is 1.03 bits per heavy atom. The van der Waals surface area contributed by atoms with Gasteiger partial charge in [-0.05, 0) is 37.2 Å². The second-order valence-corrected chi connectivity index (χ2v) is 8.59. The number of aromatic amines is 1. The zero-order valence-electron chi connectivity index (χ0n) is 18.2. The maximum atomic E-state index is 12.8. The van der Waals surface area contributed by atoms with E-state index in [4.69, 9.17) is 12.2 Å². The number of carbonyl (C=O) groups excluding carboxylic acids is 1. The monoisotopic (exact) mass is 435 g/mol. The molecule has 1 saturated heterocycles. The Hall–Kier alpha value is -2.77. The van der Waals surface area contributed by atoms with E-state index in [1.165, 1.54) is 16.7 Å². The van der Waals surface area contributed by atoms with Crippen molar-refractivity contribution in [2.45, 2.75) is 33.4 Å². The molecule has 1 aliphatic rings. The van der Waals surface area contributed by atoms with E-state index in [-0.39, 0.29) is 5.91 Å². The zero-order valence-corrected chi connectivity index (χ0v) is 19.0. The summed E-state index contributed by atoms with van der Waals surface area (Å²) in [7, 11) is 0. The van der Waals surface area contributed by atoms with Crippen LogP contribution in [-0.4, -0.2) is 56.7 Å². The fraction of sp³-hybridized carbons (Fsp3) is 0.375. The number of hydrogen-bond donors (Lipinski definition) is 1. The molecule has 0 atom stereocenters. The van der Waals surface area contributed by atoms with Crippen molar-refractivity contribution in [3.8, 4) is 11.4 Å². The number of aryl methyl sites for hydroxylation is 2. The van der Waals surface area contributed by atoms with E-state index < -0.39 is 0 Å². The fourth-order valence-electron chi connectivity index (χ4n) is 4.00. The van der Waals surface area contributed by atoms with Gasteiger partial charge in [0.15, 0.2) is 10.6 Å². The van der Waals surface area contributed by atoms with Gasteiger partial charge < -0.3 is 4.90 Å². The number of nitrogens with one attached hydrogen (secondary N) is 1. The number of aromatic nitrogens is 3. The van der Waals surface area contributed by atoms with Gasteiger partial charge in [-0.25, -0.2) is 0 Å². The van der Waals surface area contributed by atoms with Crippen LogP contribution < -0.4 is 0 Å². The number of H-pyrrole nitrogens is 1. The summed E-state index contributed by atoms with van der Waals surface area (Å²) in [5.74, 6) is 0.953. The molecule has 0 saturated carbocycles. The topological polar surface area (TPSA) is 57.2 Å². The molecule has 1 N–H and O–H groups in total. The number of carbonyl (C=O) groups is 1. The molecule has 1 aromatic heterocycles. The van der Waals surface area contributed by atoms with Gasteiger partial charge in [0.25, 0.3) is 0 Å². The molecule has 31 heavy (non-hydrogen) atoms. The molecule has 2 aromatic carbocycles. The molecule has 0 bridgehead atoms. The Morgan fingerprint density at radius 3 is 2.45 bits per heavy atom. The molecule has 4 rings (SSSR count). The molecule has 1 fully saturated rings. The number of rotatable bonds is 6. The lowest BCUT2D eigenvalue weighted by atomic mass is 10.1. The van der Waals surface area contributed by atoms with E-state index in [1.54, 1.807) is 0 Å². The van der Waals surface area contributed by atoms with Crippen molar-refractivity contribution in [1.82, 2.24) is 24.6 Å². The van der Waals surface area contributed by atoms with Crippen LogP contribution in [0.2, 0.25) is 0 Å². The summed E-state index contributed by atoms with van der Waals surface area (Å²) >= 11 is 5.41. The van der Waals surface area contributed by atoms with E-state index >= 15 is 0 Å². The minimum Gasteiger partial charge on any atom is -0.340 e. The van der Waals surface area contributed by atoms with Crippen LogP contribution in [0.25, 0.3) is 11.4 Å². The maximum Gasteiger partial charge on any atom is 0.224 e. The average molecular weight is 436 g/mol. The van der Waals surface area contributed by atoms with E-state index in [9.17, 15) is 4.79 Å². The summed E-state index contributed by atoms with van der Waals surface area (Å²) < 4.78 is 2.47. The van der Waals surface area contributed by atoms with Crippen molar-refractivity contribution >= 4 is 18.1 Å². The molecular weight excluding hydrogens is 406 g/mol. The summed E-state index contributed by atoms with van der Waals surface area (Å²) in [6, 6.07) is 16.7. The van der Waals surface area contributed by atoms with Gasteiger partial charge in [0, 0.05) is 51.3 Å². The van der Waals surface area contributed by atoms with Gasteiger partial charge in [-0.15, -0.1) is 0 Å². The number of hydrogen-bond acceptors (Lipinski definition) is 4. The Kier molecular flexibility index (Phi) is 6.63. The van der Waals surface area contributed by atoms with E-state index in [0.29, 0.717) is 17.7 Å². The average Bonchev–Trinajstić information content (AvgIpc) is 3.15. The molecule has 1 aliphatic heterocycles. The van der Waals surface area contributed by atoms with Gasteiger partial charge in [0.2, 0.25) is 5.91 Å². The third-order valence-electron chi connectivity index (χ3n) is 6.00. The SMILES string of the molecule is Cc1ccc(-c2n[nH]c(=S)n2CCC(=O)N2CCN(Cc3ccccc3C)CC2)cc1. The maximum absolute atomic E-state index is 12.8. The lowest BCUT2D eigenvalue weighted by Gasteiger charge is -2.35. The largest absolute Gasteiger partial charge is 0.340 e. The van der Waals surface area contributed by atoms with Crippen LogP contribution in [0.15, 0.2) is 48.5 Å². The van der Waals surface area contributed by atoms with Crippen LogP contribution in [-0.2, 0) is 17.9 Å². The van der Waals surface area contributed by atoms with Crippen LogP contribution in [0.4, 0.5) is 0 Å². The molecule has 3 aromatic rings. The van der Waals surface area contributed by atoms with E-state index in [1.807, 2.05) is 21.6 Å². The molecule has 0 aliphatic carbocycles. The Labute approximate surface area is 188 Å². The highest BCUT2D eigenvalue weighted by Crippen LogP contribution is 2.19. The summed E-state index contributed by atoms with van der Waals surface area (Å²) in [5, 5.41) is 7.25. The lowest BCUT2D eigenvalue weighted by Crippen LogP contribution is -2.48. The standard InChI is InChI=1S/C24H29N5OS/c1-18-7-9-20(10-8-18)23-25-26-24(31)29(23)12-11-22(30)28-15-13-27(14-16-28)17-21-6-4-3-5-19(21)2/h3-10H,11-17H2,1-2H3,(H,26,31).